The molecule has 1 saturated carbocycles. The number of primary amides is 1. The minimum atomic E-state index is -0.955. The zero-order chi connectivity index (χ0) is 29.2. The molecule has 40 heavy (non-hydrogen) atoms. The molecule has 11 nitrogen and oxygen atoms in total. The predicted octanol–water partition coefficient (Wildman–Crippen LogP) is 0.120. The molecule has 3 rings (SSSR count). The van der Waals surface area contributed by atoms with Gasteiger partial charge in [0.1, 0.15) is 31.0 Å². The number of amidine groups is 1. The third-order valence-electron chi connectivity index (χ3n) is 7.20. The molecule has 1 aliphatic carbocycles. The van der Waals surface area contributed by atoms with Gasteiger partial charge in [-0.2, -0.15) is 0 Å². The number of nitrogens with one attached hydrogen (secondary N) is 4. The molecule has 0 radical (unpaired) electrons. The van der Waals surface area contributed by atoms with Gasteiger partial charge in [-0.3, -0.25) is 24.6 Å². The number of aromatic nitrogens is 1. The van der Waals surface area contributed by atoms with Crippen molar-refractivity contribution in [3.8, 4) is 0 Å². The summed E-state index contributed by atoms with van der Waals surface area (Å²) in [7, 11) is 1.86. The molecule has 0 aliphatic heterocycles. The van der Waals surface area contributed by atoms with Gasteiger partial charge in [-0.15, -0.1) is 0 Å². The van der Waals surface area contributed by atoms with E-state index in [9.17, 15) is 19.2 Å². The van der Waals surface area contributed by atoms with Crippen LogP contribution in [0.25, 0.3) is 0 Å². The maximum atomic E-state index is 13.6. The van der Waals surface area contributed by atoms with Crippen LogP contribution >= 0.6 is 0 Å². The van der Waals surface area contributed by atoms with E-state index in [4.69, 9.17) is 16.9 Å². The molecule has 214 valence electrons. The Bertz CT molecular complexity index is 1230. The van der Waals surface area contributed by atoms with Crippen LogP contribution in [0, 0.1) is 11.3 Å². The zero-order valence-electron chi connectivity index (χ0n) is 23.1. The molecular weight excluding hydrogens is 510 g/mol. The van der Waals surface area contributed by atoms with Crippen molar-refractivity contribution in [2.45, 2.75) is 70.0 Å². The molecule has 1 aliphatic rings. The van der Waals surface area contributed by atoms with Gasteiger partial charge in [0, 0.05) is 37.0 Å². The molecule has 1 heterocycles. The van der Waals surface area contributed by atoms with Crippen LogP contribution < -0.4 is 32.0 Å². The second kappa shape index (κ2) is 14.2. The van der Waals surface area contributed by atoms with Crippen molar-refractivity contribution < 1.29 is 23.7 Å². The number of pyridine rings is 1. The lowest BCUT2D eigenvalue weighted by Crippen LogP contribution is -2.59. The van der Waals surface area contributed by atoms with Gasteiger partial charge < -0.3 is 27.4 Å². The molecule has 11 heteroatoms. The number of nitrogens with zero attached hydrogens (tertiary/aromatic N) is 1. The third-order valence-corrected chi connectivity index (χ3v) is 7.20. The predicted molar refractivity (Wildman–Crippen MR) is 150 cm³/mol. The highest BCUT2D eigenvalue weighted by Gasteiger charge is 2.35. The van der Waals surface area contributed by atoms with E-state index in [-0.39, 0.29) is 30.5 Å². The van der Waals surface area contributed by atoms with E-state index in [1.807, 2.05) is 36.1 Å². The van der Waals surface area contributed by atoms with Crippen LogP contribution in [0.15, 0.2) is 48.8 Å². The number of hydrogen-bond acceptors (Lipinski definition) is 5. The van der Waals surface area contributed by atoms with Crippen LogP contribution in [0.3, 0.4) is 0 Å². The SMILES string of the molecule is CC(=O)N[C@@H](Cc1ccc(C(=N)N)cc1)C(=O)NC(C(=O)NC(Cc1ccc[n+](C)c1)C(N)=O)C1CCCCC1. The van der Waals surface area contributed by atoms with Crippen molar-refractivity contribution in [2.24, 2.45) is 24.4 Å². The largest absolute Gasteiger partial charge is 0.384 e. The van der Waals surface area contributed by atoms with Crippen molar-refractivity contribution in [1.29, 1.82) is 5.41 Å². The smallest absolute Gasteiger partial charge is 0.243 e. The molecule has 1 aromatic heterocycles. The molecule has 4 amide bonds. The Labute approximate surface area is 234 Å². The quantitative estimate of drug-likeness (QED) is 0.124. The minimum Gasteiger partial charge on any atom is -0.384 e. The maximum Gasteiger partial charge on any atom is 0.243 e. The van der Waals surface area contributed by atoms with Gasteiger partial charge in [0.2, 0.25) is 23.6 Å². The van der Waals surface area contributed by atoms with Crippen molar-refractivity contribution in [3.63, 3.8) is 0 Å². The number of nitrogen functional groups attached to an aromatic ring is 1. The molecule has 2 unspecified atom stereocenters. The summed E-state index contributed by atoms with van der Waals surface area (Å²) in [5.74, 6) is -2.21. The topological polar surface area (TPSA) is 184 Å². The fourth-order valence-electron chi connectivity index (χ4n) is 5.12. The van der Waals surface area contributed by atoms with E-state index < -0.39 is 35.8 Å². The van der Waals surface area contributed by atoms with Gasteiger partial charge in [0.05, 0.1) is 0 Å². The van der Waals surface area contributed by atoms with Crippen molar-refractivity contribution in [2.75, 3.05) is 0 Å². The fraction of sp³-hybridized carbons (Fsp3) is 0.448. The monoisotopic (exact) mass is 550 g/mol. The first-order valence-corrected chi connectivity index (χ1v) is 13.6. The van der Waals surface area contributed by atoms with Crippen LogP contribution in [0.5, 0.6) is 0 Å². The maximum absolute atomic E-state index is 13.6. The molecule has 0 saturated heterocycles. The normalized spacial score (nSPS) is 15.8. The fourth-order valence-corrected chi connectivity index (χ4v) is 5.12. The van der Waals surface area contributed by atoms with Gasteiger partial charge in [0.15, 0.2) is 12.4 Å². The first-order valence-electron chi connectivity index (χ1n) is 13.6. The summed E-state index contributed by atoms with van der Waals surface area (Å²) < 4.78 is 1.84. The molecule has 8 N–H and O–H groups in total. The summed E-state index contributed by atoms with van der Waals surface area (Å²) in [6, 6.07) is 7.75. The summed E-state index contributed by atoms with van der Waals surface area (Å²) in [4.78, 5) is 51.4. The second-order valence-corrected chi connectivity index (χ2v) is 10.5. The van der Waals surface area contributed by atoms with E-state index in [2.05, 4.69) is 16.0 Å². The number of rotatable bonds is 12. The van der Waals surface area contributed by atoms with Gasteiger partial charge in [-0.05, 0) is 30.4 Å². The number of carbonyl (C=O) groups excluding carboxylic acids is 4. The van der Waals surface area contributed by atoms with E-state index in [1.54, 1.807) is 24.3 Å². The highest BCUT2D eigenvalue weighted by molar-refractivity contribution is 5.95. The van der Waals surface area contributed by atoms with Gasteiger partial charge in [-0.25, -0.2) is 4.57 Å². The average Bonchev–Trinajstić information content (AvgIpc) is 2.91. The highest BCUT2D eigenvalue weighted by atomic mass is 16.2. The van der Waals surface area contributed by atoms with E-state index in [0.29, 0.717) is 5.56 Å². The molecule has 1 aromatic carbocycles. The summed E-state index contributed by atoms with van der Waals surface area (Å²) >= 11 is 0. The second-order valence-electron chi connectivity index (χ2n) is 10.5. The van der Waals surface area contributed by atoms with Gasteiger partial charge >= 0.3 is 0 Å². The lowest BCUT2D eigenvalue weighted by Gasteiger charge is -2.32. The van der Waals surface area contributed by atoms with Gasteiger partial charge in [0.25, 0.3) is 0 Å². The lowest BCUT2D eigenvalue weighted by molar-refractivity contribution is -0.671. The minimum absolute atomic E-state index is 0.0699. The third kappa shape index (κ3) is 8.89. The number of hydrogen-bond donors (Lipinski definition) is 6. The van der Waals surface area contributed by atoms with Crippen LogP contribution in [-0.2, 0) is 39.1 Å². The average molecular weight is 551 g/mol. The first kappa shape index (κ1) is 30.3. The Morgan fingerprint density at radius 2 is 1.55 bits per heavy atom. The molecule has 3 atom stereocenters. The Hall–Kier alpha value is -4.28. The summed E-state index contributed by atoms with van der Waals surface area (Å²) in [6.45, 7) is 1.32. The molecular formula is C29H40N7O4+. The molecule has 0 bridgehead atoms. The number of amides is 4. The van der Waals surface area contributed by atoms with Crippen LogP contribution in [0.1, 0.15) is 55.7 Å². The molecule has 0 spiro atoms. The Kier molecular flexibility index (Phi) is 10.7. The molecule has 2 aromatic rings. The van der Waals surface area contributed by atoms with Crippen molar-refractivity contribution in [3.05, 3.63) is 65.5 Å². The number of aryl methyl sites for hydroxylation is 1. The Morgan fingerprint density at radius 1 is 0.900 bits per heavy atom. The number of benzene rings is 1. The Morgan fingerprint density at radius 3 is 2.12 bits per heavy atom. The number of nitrogens with two attached hydrogens (primary N) is 2. The summed E-state index contributed by atoms with van der Waals surface area (Å²) in [6.07, 6.45) is 8.53. The van der Waals surface area contributed by atoms with E-state index >= 15 is 0 Å². The van der Waals surface area contributed by atoms with Crippen molar-refractivity contribution >= 4 is 29.5 Å². The van der Waals surface area contributed by atoms with Crippen molar-refractivity contribution in [1.82, 2.24) is 16.0 Å². The standard InChI is InChI=1S/C29H39N7O4/c1-18(37)33-24(15-19-10-12-22(13-11-19)26(30)31)28(39)35-25(21-8-4-3-5-9-21)29(40)34-23(27(32)38)16-20-7-6-14-36(2)17-20/h6-7,10-14,17,21,23-25H,3-5,8-9,15-16H2,1-2H3,(H7-,30,31,32,33,34,35,37,38,39,40)/p+1/t23?,24-,25?/m0/s1. The summed E-state index contributed by atoms with van der Waals surface area (Å²) in [5.41, 5.74) is 13.3. The van der Waals surface area contributed by atoms with Crippen LogP contribution in [-0.4, -0.2) is 47.6 Å². The zero-order valence-corrected chi connectivity index (χ0v) is 23.1. The van der Waals surface area contributed by atoms with E-state index in [0.717, 1.165) is 43.2 Å². The lowest BCUT2D eigenvalue weighted by atomic mass is 9.83. The first-order chi connectivity index (χ1) is 19.0. The highest BCUT2D eigenvalue weighted by Crippen LogP contribution is 2.27. The van der Waals surface area contributed by atoms with Crippen LogP contribution in [0.4, 0.5) is 0 Å². The van der Waals surface area contributed by atoms with Gasteiger partial charge in [-0.1, -0.05) is 43.5 Å². The molecule has 1 fully saturated rings. The Balaban J connectivity index is 1.79. The van der Waals surface area contributed by atoms with E-state index in [1.165, 1.54) is 6.92 Å². The summed E-state index contributed by atoms with van der Waals surface area (Å²) in [5, 5.41) is 15.9. The van der Waals surface area contributed by atoms with Crippen LogP contribution in [0.2, 0.25) is 0 Å². The number of carbonyl (C=O) groups is 4.